The third kappa shape index (κ3) is 2.83. The lowest BCUT2D eigenvalue weighted by Gasteiger charge is -2.18. The molecule has 0 unspecified atom stereocenters. The molecular weight excluding hydrogens is 224 g/mol. The van der Waals surface area contributed by atoms with Crippen molar-refractivity contribution in [2.45, 2.75) is 20.3 Å². The van der Waals surface area contributed by atoms with Gasteiger partial charge in [0.05, 0.1) is 12.5 Å². The van der Waals surface area contributed by atoms with Crippen molar-refractivity contribution in [2.75, 3.05) is 7.11 Å². The Balaban J connectivity index is 3.06. The Kier molecular flexibility index (Phi) is 3.55. The van der Waals surface area contributed by atoms with Gasteiger partial charge in [-0.3, -0.25) is 9.48 Å². The fourth-order valence-electron chi connectivity index (χ4n) is 1.49. The van der Waals surface area contributed by atoms with Gasteiger partial charge in [-0.25, -0.2) is 4.79 Å². The lowest BCUT2D eigenvalue weighted by molar-refractivity contribution is -0.146. The van der Waals surface area contributed by atoms with Crippen molar-refractivity contribution in [3.8, 4) is 0 Å². The Bertz CT molecular complexity index is 448. The van der Waals surface area contributed by atoms with Crippen molar-refractivity contribution < 1.29 is 19.4 Å². The van der Waals surface area contributed by atoms with Crippen LogP contribution < -0.4 is 0 Å². The van der Waals surface area contributed by atoms with Crippen molar-refractivity contribution in [3.63, 3.8) is 0 Å². The van der Waals surface area contributed by atoms with E-state index in [1.165, 1.54) is 11.8 Å². The average Bonchev–Trinajstić information content (AvgIpc) is 2.57. The van der Waals surface area contributed by atoms with Crippen LogP contribution in [0.4, 0.5) is 0 Å². The summed E-state index contributed by atoms with van der Waals surface area (Å²) in [6.07, 6.45) is 1.86. The molecule has 1 heterocycles. The molecule has 1 rings (SSSR count). The average molecular weight is 240 g/mol. The van der Waals surface area contributed by atoms with E-state index in [4.69, 9.17) is 5.11 Å². The number of hydrogen-bond donors (Lipinski definition) is 1. The van der Waals surface area contributed by atoms with Gasteiger partial charge in [0, 0.05) is 18.8 Å². The van der Waals surface area contributed by atoms with Crippen molar-refractivity contribution in [1.82, 2.24) is 9.78 Å². The molecule has 0 aliphatic heterocycles. The predicted molar refractivity (Wildman–Crippen MR) is 59.7 cm³/mol. The fourth-order valence-corrected chi connectivity index (χ4v) is 1.49. The molecule has 94 valence electrons. The van der Waals surface area contributed by atoms with Crippen LogP contribution in [-0.2, 0) is 23.0 Å². The number of nitrogens with zero attached hydrogens (tertiary/aromatic N) is 2. The van der Waals surface area contributed by atoms with Crippen LogP contribution in [0.15, 0.2) is 6.20 Å². The van der Waals surface area contributed by atoms with Crippen molar-refractivity contribution >= 4 is 11.9 Å². The first-order valence-electron chi connectivity index (χ1n) is 5.12. The molecule has 0 aliphatic rings. The van der Waals surface area contributed by atoms with Gasteiger partial charge in [0.15, 0.2) is 5.69 Å². The van der Waals surface area contributed by atoms with Crippen LogP contribution in [0.5, 0.6) is 0 Å². The van der Waals surface area contributed by atoms with Gasteiger partial charge < -0.3 is 9.84 Å². The molecule has 0 aliphatic carbocycles. The lowest BCUT2D eigenvalue weighted by atomic mass is 9.86. The molecule has 0 fully saturated rings. The second-order valence-corrected chi connectivity index (χ2v) is 4.53. The molecule has 6 nitrogen and oxygen atoms in total. The zero-order chi connectivity index (χ0) is 13.2. The summed E-state index contributed by atoms with van der Waals surface area (Å²) in [6, 6.07) is 0. The number of rotatable bonds is 4. The first-order chi connectivity index (χ1) is 7.77. The SMILES string of the molecule is COC(=O)c1nn(C)cc1CC(C)(C)C(=O)O. The topological polar surface area (TPSA) is 81.4 Å². The highest BCUT2D eigenvalue weighted by molar-refractivity contribution is 5.89. The molecule has 1 aromatic heterocycles. The minimum atomic E-state index is -0.953. The minimum absolute atomic E-state index is 0.171. The van der Waals surface area contributed by atoms with Crippen LogP contribution in [-0.4, -0.2) is 33.9 Å². The number of aliphatic carboxylic acids is 1. The van der Waals surface area contributed by atoms with E-state index in [2.05, 4.69) is 9.84 Å². The number of carbonyl (C=O) groups excluding carboxylic acids is 1. The fraction of sp³-hybridized carbons (Fsp3) is 0.545. The summed E-state index contributed by atoms with van der Waals surface area (Å²) in [4.78, 5) is 22.5. The van der Waals surface area contributed by atoms with Gasteiger partial charge in [-0.2, -0.15) is 5.10 Å². The van der Waals surface area contributed by atoms with Crippen LogP contribution >= 0.6 is 0 Å². The first kappa shape index (κ1) is 13.2. The number of aromatic nitrogens is 2. The number of aryl methyl sites for hydroxylation is 1. The van der Waals surface area contributed by atoms with Gasteiger partial charge in [0.1, 0.15) is 0 Å². The molecule has 0 aromatic carbocycles. The van der Waals surface area contributed by atoms with Gasteiger partial charge in [-0.15, -0.1) is 0 Å². The highest BCUT2D eigenvalue weighted by atomic mass is 16.5. The maximum atomic E-state index is 11.5. The monoisotopic (exact) mass is 240 g/mol. The molecule has 0 saturated carbocycles. The molecule has 0 radical (unpaired) electrons. The normalized spacial score (nSPS) is 11.3. The van der Waals surface area contributed by atoms with Gasteiger partial charge in [-0.05, 0) is 20.3 Å². The number of methoxy groups -OCH3 is 1. The Labute approximate surface area is 99.2 Å². The third-order valence-corrected chi connectivity index (χ3v) is 2.49. The van der Waals surface area contributed by atoms with E-state index in [0.29, 0.717) is 5.56 Å². The molecular formula is C11H16N2O4. The second kappa shape index (κ2) is 4.57. The van der Waals surface area contributed by atoms with Gasteiger partial charge >= 0.3 is 11.9 Å². The summed E-state index contributed by atoms with van der Waals surface area (Å²) in [5.74, 6) is -1.47. The maximum absolute atomic E-state index is 11.5. The summed E-state index contributed by atoms with van der Waals surface area (Å²) >= 11 is 0. The largest absolute Gasteiger partial charge is 0.481 e. The third-order valence-electron chi connectivity index (χ3n) is 2.49. The minimum Gasteiger partial charge on any atom is -0.481 e. The van der Waals surface area contributed by atoms with Crippen LogP contribution in [0.2, 0.25) is 0 Å². The van der Waals surface area contributed by atoms with E-state index in [0.717, 1.165) is 0 Å². The highest BCUT2D eigenvalue weighted by Crippen LogP contribution is 2.24. The van der Waals surface area contributed by atoms with Crippen LogP contribution in [0.3, 0.4) is 0 Å². The second-order valence-electron chi connectivity index (χ2n) is 4.53. The predicted octanol–water partition coefficient (Wildman–Crippen LogP) is 0.860. The number of hydrogen-bond acceptors (Lipinski definition) is 4. The number of carboxylic acids is 1. The zero-order valence-corrected chi connectivity index (χ0v) is 10.4. The number of carbonyl (C=O) groups is 2. The quantitative estimate of drug-likeness (QED) is 0.789. The molecule has 1 N–H and O–H groups in total. The summed E-state index contributed by atoms with van der Waals surface area (Å²) in [5.41, 5.74) is -0.206. The van der Waals surface area contributed by atoms with Crippen molar-refractivity contribution in [1.29, 1.82) is 0 Å². The molecule has 1 aromatic rings. The standard InChI is InChI=1S/C11H16N2O4/c1-11(2,10(15)16)5-7-6-13(3)12-8(7)9(14)17-4/h6H,5H2,1-4H3,(H,15,16). The number of carboxylic acid groups (broad SMARTS) is 1. The molecule has 17 heavy (non-hydrogen) atoms. The molecule has 0 atom stereocenters. The van der Waals surface area contributed by atoms with E-state index < -0.39 is 17.4 Å². The van der Waals surface area contributed by atoms with Gasteiger partial charge in [0.25, 0.3) is 0 Å². The molecule has 0 amide bonds. The van der Waals surface area contributed by atoms with E-state index in [1.807, 2.05) is 0 Å². The number of ether oxygens (including phenoxy) is 1. The molecule has 0 spiro atoms. The maximum Gasteiger partial charge on any atom is 0.358 e. The van der Waals surface area contributed by atoms with Crippen LogP contribution in [0.25, 0.3) is 0 Å². The molecule has 0 bridgehead atoms. The lowest BCUT2D eigenvalue weighted by Crippen LogP contribution is -2.26. The Morgan fingerprint density at radius 2 is 2.12 bits per heavy atom. The zero-order valence-electron chi connectivity index (χ0n) is 10.4. The van der Waals surface area contributed by atoms with E-state index in [-0.39, 0.29) is 12.1 Å². The Morgan fingerprint density at radius 1 is 1.53 bits per heavy atom. The van der Waals surface area contributed by atoms with E-state index >= 15 is 0 Å². The Morgan fingerprint density at radius 3 is 2.59 bits per heavy atom. The molecule has 0 saturated heterocycles. The summed E-state index contributed by atoms with van der Waals surface area (Å²) in [7, 11) is 2.94. The van der Waals surface area contributed by atoms with E-state index in [9.17, 15) is 9.59 Å². The summed E-state index contributed by atoms with van der Waals surface area (Å²) in [6.45, 7) is 3.20. The highest BCUT2D eigenvalue weighted by Gasteiger charge is 2.30. The van der Waals surface area contributed by atoms with Crippen molar-refractivity contribution in [3.05, 3.63) is 17.5 Å². The number of esters is 1. The van der Waals surface area contributed by atoms with Gasteiger partial charge in [0.2, 0.25) is 0 Å². The molecule has 6 heteroatoms. The summed E-state index contributed by atoms with van der Waals surface area (Å²) < 4.78 is 6.07. The van der Waals surface area contributed by atoms with Gasteiger partial charge in [-0.1, -0.05) is 0 Å². The van der Waals surface area contributed by atoms with E-state index in [1.54, 1.807) is 27.1 Å². The summed E-state index contributed by atoms with van der Waals surface area (Å²) in [5, 5.41) is 13.0. The van der Waals surface area contributed by atoms with Crippen molar-refractivity contribution in [2.24, 2.45) is 12.5 Å². The van der Waals surface area contributed by atoms with Crippen LogP contribution in [0, 0.1) is 5.41 Å². The van der Waals surface area contributed by atoms with Crippen LogP contribution in [0.1, 0.15) is 29.9 Å². The first-order valence-corrected chi connectivity index (χ1v) is 5.12. The smallest absolute Gasteiger partial charge is 0.358 e. The Hall–Kier alpha value is -1.85.